The number of rotatable bonds is 11. The minimum Gasteiger partial charge on any atom is -0.497 e. The molecule has 1 aliphatic rings. The van der Waals surface area contributed by atoms with E-state index in [0.717, 1.165) is 12.8 Å². The second-order valence-corrected chi connectivity index (χ2v) is 12.1. The van der Waals surface area contributed by atoms with Gasteiger partial charge in [-0.1, -0.05) is 43.6 Å². The summed E-state index contributed by atoms with van der Waals surface area (Å²) in [4.78, 5) is 19.6. The summed E-state index contributed by atoms with van der Waals surface area (Å²) < 4.78 is 33.9. The Balaban J connectivity index is 1.65. The molecule has 3 aromatic rings. The fourth-order valence-corrected chi connectivity index (χ4v) is 5.88. The van der Waals surface area contributed by atoms with Gasteiger partial charge in [0.1, 0.15) is 5.75 Å². The number of amides is 1. The molecule has 9 heteroatoms. The van der Waals surface area contributed by atoms with E-state index in [1.165, 1.54) is 0 Å². The predicted molar refractivity (Wildman–Crippen MR) is 140 cm³/mol. The molecule has 7 nitrogen and oxygen atoms in total. The van der Waals surface area contributed by atoms with E-state index < -0.39 is 9.84 Å². The molecule has 4 rings (SSSR count). The van der Waals surface area contributed by atoms with Crippen LogP contribution in [0.1, 0.15) is 48.3 Å². The highest BCUT2D eigenvalue weighted by molar-refractivity contribution is 7.90. The van der Waals surface area contributed by atoms with Crippen molar-refractivity contribution >= 4 is 27.3 Å². The summed E-state index contributed by atoms with van der Waals surface area (Å²) in [5, 5.41) is 0.526. The molecule has 0 bridgehead atoms. The van der Waals surface area contributed by atoms with E-state index in [1.807, 2.05) is 13.8 Å². The molecule has 192 valence electrons. The Kier molecular flexibility index (Phi) is 8.05. The summed E-state index contributed by atoms with van der Waals surface area (Å²) in [6.07, 6.45) is 3.77. The molecule has 0 N–H and O–H groups in total. The summed E-state index contributed by atoms with van der Waals surface area (Å²) in [6.45, 7) is 5.42. The first-order chi connectivity index (χ1) is 17.2. The van der Waals surface area contributed by atoms with Gasteiger partial charge in [0, 0.05) is 23.7 Å². The van der Waals surface area contributed by atoms with Crippen LogP contribution < -0.4 is 4.74 Å². The maximum absolute atomic E-state index is 13.5. The number of hydrogen-bond acceptors (Lipinski definition) is 5. The van der Waals surface area contributed by atoms with Gasteiger partial charge in [-0.25, -0.2) is 13.4 Å². The Labute approximate surface area is 218 Å². The number of halogens is 1. The lowest BCUT2D eigenvalue weighted by molar-refractivity contribution is 0.0730. The van der Waals surface area contributed by atoms with E-state index in [1.54, 1.807) is 71.3 Å². The third-order valence-corrected chi connectivity index (χ3v) is 7.94. The molecule has 0 aliphatic heterocycles. The summed E-state index contributed by atoms with van der Waals surface area (Å²) in [6, 6.07) is 13.9. The van der Waals surface area contributed by atoms with Gasteiger partial charge in [-0.3, -0.25) is 4.79 Å². The molecule has 0 unspecified atom stereocenters. The Morgan fingerprint density at radius 1 is 1.19 bits per heavy atom. The first-order valence-corrected chi connectivity index (χ1v) is 14.1. The molecule has 2 aromatic carbocycles. The zero-order valence-electron chi connectivity index (χ0n) is 20.9. The fourth-order valence-electron chi connectivity index (χ4n) is 4.20. The summed E-state index contributed by atoms with van der Waals surface area (Å²) in [5.41, 5.74) is 1.84. The number of benzene rings is 2. The number of aromatic nitrogens is 2. The molecule has 0 saturated heterocycles. The molecule has 36 heavy (non-hydrogen) atoms. The molecule has 0 spiro atoms. The van der Waals surface area contributed by atoms with Crippen LogP contribution in [0.4, 0.5) is 0 Å². The lowest BCUT2D eigenvalue weighted by Crippen LogP contribution is -2.33. The van der Waals surface area contributed by atoms with Gasteiger partial charge in [-0.15, -0.1) is 0 Å². The molecule has 1 aliphatic carbocycles. The highest BCUT2D eigenvalue weighted by atomic mass is 35.5. The highest BCUT2D eigenvalue weighted by Gasteiger charge is 2.30. The number of methoxy groups -OCH3 is 1. The quantitative estimate of drug-likeness (QED) is 0.340. The number of sulfone groups is 1. The van der Waals surface area contributed by atoms with Gasteiger partial charge in [0.25, 0.3) is 5.91 Å². The van der Waals surface area contributed by atoms with Crippen LogP contribution in [0.15, 0.2) is 59.9 Å². The number of imidazole rings is 1. The first kappa shape index (κ1) is 26.2. The summed E-state index contributed by atoms with van der Waals surface area (Å²) >= 11 is 6.13. The molecule has 1 heterocycles. The lowest BCUT2D eigenvalue weighted by atomic mass is 10.2. The molecule has 0 radical (unpaired) electrons. The van der Waals surface area contributed by atoms with Crippen LogP contribution in [-0.4, -0.2) is 42.4 Å². The van der Waals surface area contributed by atoms with Gasteiger partial charge < -0.3 is 14.2 Å². The normalized spacial score (nSPS) is 13.7. The smallest absolute Gasteiger partial charge is 0.254 e. The minimum absolute atomic E-state index is 0.0237. The third kappa shape index (κ3) is 6.48. The average Bonchev–Trinajstić information content (AvgIpc) is 3.56. The number of carbonyl (C=O) groups is 1. The number of hydrogen-bond donors (Lipinski definition) is 0. The van der Waals surface area contributed by atoms with Gasteiger partial charge in [-0.2, -0.15) is 0 Å². The van der Waals surface area contributed by atoms with Gasteiger partial charge in [0.15, 0.2) is 0 Å². The predicted octanol–water partition coefficient (Wildman–Crippen LogP) is 5.23. The van der Waals surface area contributed by atoms with E-state index in [2.05, 4.69) is 4.98 Å². The Bertz CT molecular complexity index is 1330. The van der Waals surface area contributed by atoms with E-state index in [0.29, 0.717) is 46.6 Å². The third-order valence-electron chi connectivity index (χ3n) is 6.11. The van der Waals surface area contributed by atoms with Crippen molar-refractivity contribution in [1.29, 1.82) is 0 Å². The van der Waals surface area contributed by atoms with Crippen LogP contribution >= 0.6 is 11.6 Å². The van der Waals surface area contributed by atoms with Crippen LogP contribution in [0.2, 0.25) is 5.02 Å². The SMILES string of the molecule is COc1cccc(CS(=O)(=O)c2ncc(CN(CC3CC3)C(=O)c3cccc(Cl)c3)n2CC(C)C)c1. The number of carbonyl (C=O) groups excluding carboxylic acids is 1. The van der Waals surface area contributed by atoms with E-state index in [9.17, 15) is 13.2 Å². The molecule has 1 aromatic heterocycles. The van der Waals surface area contributed by atoms with Crippen molar-refractivity contribution in [2.24, 2.45) is 11.8 Å². The summed E-state index contributed by atoms with van der Waals surface area (Å²) in [5.74, 6) is 0.938. The molecular weight excluding hydrogens is 498 g/mol. The topological polar surface area (TPSA) is 81.5 Å². The van der Waals surface area contributed by atoms with Crippen LogP contribution in [0.25, 0.3) is 0 Å². The fraction of sp³-hybridized carbons (Fsp3) is 0.407. The van der Waals surface area contributed by atoms with Crippen molar-refractivity contribution < 1.29 is 17.9 Å². The van der Waals surface area contributed by atoms with Crippen molar-refractivity contribution in [3.8, 4) is 5.75 Å². The van der Waals surface area contributed by atoms with Crippen molar-refractivity contribution in [3.63, 3.8) is 0 Å². The zero-order valence-corrected chi connectivity index (χ0v) is 22.4. The van der Waals surface area contributed by atoms with E-state index in [-0.39, 0.29) is 29.3 Å². The Hall–Kier alpha value is -2.84. The van der Waals surface area contributed by atoms with E-state index >= 15 is 0 Å². The largest absolute Gasteiger partial charge is 0.497 e. The Morgan fingerprint density at radius 3 is 2.61 bits per heavy atom. The van der Waals surface area contributed by atoms with Crippen molar-refractivity contribution in [3.05, 3.63) is 76.6 Å². The van der Waals surface area contributed by atoms with Crippen LogP contribution in [0.3, 0.4) is 0 Å². The first-order valence-electron chi connectivity index (χ1n) is 12.1. The maximum Gasteiger partial charge on any atom is 0.254 e. The monoisotopic (exact) mass is 529 g/mol. The van der Waals surface area contributed by atoms with Crippen molar-refractivity contribution in [2.45, 2.75) is 50.7 Å². The standard InChI is InChI=1S/C27H32ClN3O4S/c1-19(2)15-31-24(14-29-27(31)36(33,34)18-21-6-4-9-25(12-21)35-3)17-30(16-20-10-11-20)26(32)22-7-5-8-23(28)13-22/h4-9,12-14,19-20H,10-11,15-18H2,1-3H3. The maximum atomic E-state index is 13.5. The minimum atomic E-state index is -3.74. The van der Waals surface area contributed by atoms with Gasteiger partial charge in [-0.05, 0) is 60.6 Å². The Morgan fingerprint density at radius 2 is 1.94 bits per heavy atom. The average molecular weight is 530 g/mol. The lowest BCUT2D eigenvalue weighted by Gasteiger charge is -2.24. The number of nitrogens with zero attached hydrogens (tertiary/aromatic N) is 3. The highest BCUT2D eigenvalue weighted by Crippen LogP contribution is 2.31. The zero-order chi connectivity index (χ0) is 25.9. The molecular formula is C27H32ClN3O4S. The van der Waals surface area contributed by atoms with Gasteiger partial charge in [0.2, 0.25) is 15.0 Å². The number of ether oxygens (including phenoxy) is 1. The molecule has 1 fully saturated rings. The molecule has 1 saturated carbocycles. The second-order valence-electron chi connectivity index (χ2n) is 9.79. The summed E-state index contributed by atoms with van der Waals surface area (Å²) in [7, 11) is -2.19. The van der Waals surface area contributed by atoms with Crippen molar-refractivity contribution in [1.82, 2.24) is 14.5 Å². The van der Waals surface area contributed by atoms with Crippen LogP contribution in [-0.2, 0) is 28.7 Å². The molecule has 0 atom stereocenters. The van der Waals surface area contributed by atoms with Crippen LogP contribution in [0, 0.1) is 11.8 Å². The van der Waals surface area contributed by atoms with Crippen molar-refractivity contribution in [2.75, 3.05) is 13.7 Å². The van der Waals surface area contributed by atoms with E-state index in [4.69, 9.17) is 16.3 Å². The van der Waals surface area contributed by atoms with Gasteiger partial charge >= 0.3 is 0 Å². The van der Waals surface area contributed by atoms with Gasteiger partial charge in [0.05, 0.1) is 31.3 Å². The molecule has 1 amide bonds. The van der Waals surface area contributed by atoms with Crippen LogP contribution in [0.5, 0.6) is 5.75 Å². The second kappa shape index (κ2) is 11.0.